The second-order valence-electron chi connectivity index (χ2n) is 6.87. The van der Waals surface area contributed by atoms with Crippen molar-refractivity contribution in [2.45, 2.75) is 40.0 Å². The smallest absolute Gasteiger partial charge is 0.135 e. The molecule has 0 amide bonds. The lowest BCUT2D eigenvalue weighted by atomic mass is 9.98. The van der Waals surface area contributed by atoms with Crippen LogP contribution in [0.5, 0.6) is 0 Å². The first kappa shape index (κ1) is 16.7. The van der Waals surface area contributed by atoms with E-state index in [0.29, 0.717) is 22.6 Å². The maximum absolute atomic E-state index is 14.7. The Kier molecular flexibility index (Phi) is 4.22. The Hall–Kier alpha value is -2.14. The van der Waals surface area contributed by atoms with E-state index in [0.717, 1.165) is 15.6 Å². The molecule has 3 nitrogen and oxygen atoms in total. The first-order chi connectivity index (χ1) is 11.3. The van der Waals surface area contributed by atoms with Gasteiger partial charge in [-0.3, -0.25) is 0 Å². The van der Waals surface area contributed by atoms with Gasteiger partial charge in [0.15, 0.2) is 0 Å². The van der Waals surface area contributed by atoms with Crippen molar-refractivity contribution in [1.29, 1.82) is 0 Å². The second kappa shape index (κ2) is 6.06. The summed E-state index contributed by atoms with van der Waals surface area (Å²) >= 11 is 1.57. The highest BCUT2D eigenvalue weighted by Gasteiger charge is 2.25. The number of aromatic nitrogens is 3. The zero-order chi connectivity index (χ0) is 17.5. The molecule has 0 radical (unpaired) electrons. The molecular weight excluding hydrogens is 321 g/mol. The van der Waals surface area contributed by atoms with Crippen LogP contribution in [-0.4, -0.2) is 15.0 Å². The molecule has 24 heavy (non-hydrogen) atoms. The average molecular weight is 341 g/mol. The van der Waals surface area contributed by atoms with E-state index in [9.17, 15) is 4.39 Å². The Morgan fingerprint density at radius 3 is 2.46 bits per heavy atom. The van der Waals surface area contributed by atoms with Crippen molar-refractivity contribution < 1.29 is 4.39 Å². The highest BCUT2D eigenvalue weighted by molar-refractivity contribution is 7.15. The number of nitrogens with zero attached hydrogens (tertiary/aromatic N) is 3. The molecule has 0 saturated carbocycles. The Morgan fingerprint density at radius 1 is 1.04 bits per heavy atom. The minimum Gasteiger partial charge on any atom is -0.242 e. The number of hydrogen-bond donors (Lipinski definition) is 0. The van der Waals surface area contributed by atoms with Crippen molar-refractivity contribution in [3.63, 3.8) is 0 Å². The molecular formula is C19H20FN3S. The lowest BCUT2D eigenvalue weighted by Crippen LogP contribution is -2.10. The minimum absolute atomic E-state index is 0.111. The van der Waals surface area contributed by atoms with Crippen molar-refractivity contribution in [2.24, 2.45) is 0 Å². The number of benzene rings is 1. The topological polar surface area (TPSA) is 38.7 Å². The molecule has 1 aromatic carbocycles. The summed E-state index contributed by atoms with van der Waals surface area (Å²) in [4.78, 5) is 14.3. The van der Waals surface area contributed by atoms with Crippen LogP contribution in [0.1, 0.15) is 37.2 Å². The molecule has 2 aromatic heterocycles. The molecule has 5 heteroatoms. The molecule has 0 fully saturated rings. The molecule has 0 aliphatic rings. The van der Waals surface area contributed by atoms with Gasteiger partial charge in [-0.1, -0.05) is 32.9 Å². The van der Waals surface area contributed by atoms with Crippen LogP contribution in [0.25, 0.3) is 21.8 Å². The molecule has 3 aromatic rings. The van der Waals surface area contributed by atoms with Crippen LogP contribution in [-0.2, 0) is 5.41 Å². The van der Waals surface area contributed by atoms with Crippen molar-refractivity contribution in [1.82, 2.24) is 15.0 Å². The molecule has 0 aliphatic heterocycles. The summed E-state index contributed by atoms with van der Waals surface area (Å²) in [5.41, 5.74) is 2.46. The normalized spacial score (nSPS) is 11.8. The summed E-state index contributed by atoms with van der Waals surface area (Å²) in [6.07, 6.45) is 1.73. The number of thiazole rings is 1. The number of rotatable bonds is 2. The van der Waals surface area contributed by atoms with Crippen LogP contribution < -0.4 is 0 Å². The standard InChI is InChI=1S/C19H20FN3S/c1-11-7-6-8-13(15(11)20)16-17(14-9-10-21-12(2)22-14)24-18(23-16)19(3,4)5/h6-10H,1-5H3. The van der Waals surface area contributed by atoms with Crippen LogP contribution in [0.15, 0.2) is 30.5 Å². The average Bonchev–Trinajstić information content (AvgIpc) is 2.95. The summed E-state index contributed by atoms with van der Waals surface area (Å²) in [5, 5.41) is 0.963. The van der Waals surface area contributed by atoms with E-state index in [1.807, 2.05) is 19.1 Å². The van der Waals surface area contributed by atoms with Gasteiger partial charge in [0.25, 0.3) is 0 Å². The maximum atomic E-state index is 14.7. The van der Waals surface area contributed by atoms with Crippen molar-refractivity contribution in [3.05, 3.63) is 52.7 Å². The summed E-state index contributed by atoms with van der Waals surface area (Å²) in [6.45, 7) is 9.94. The van der Waals surface area contributed by atoms with Crippen LogP contribution in [0.4, 0.5) is 4.39 Å². The molecule has 0 N–H and O–H groups in total. The predicted octanol–water partition coefficient (Wildman–Crippen LogP) is 5.32. The number of aryl methyl sites for hydroxylation is 2. The van der Waals surface area contributed by atoms with Crippen LogP contribution in [0.2, 0.25) is 0 Å². The van der Waals surface area contributed by atoms with Gasteiger partial charge in [0, 0.05) is 17.2 Å². The Labute approximate surface area is 145 Å². The molecule has 124 valence electrons. The van der Waals surface area contributed by atoms with Crippen LogP contribution >= 0.6 is 11.3 Å². The van der Waals surface area contributed by atoms with Crippen LogP contribution in [0.3, 0.4) is 0 Å². The van der Waals surface area contributed by atoms with Gasteiger partial charge >= 0.3 is 0 Å². The van der Waals surface area contributed by atoms with E-state index in [-0.39, 0.29) is 11.2 Å². The molecule has 0 saturated heterocycles. The van der Waals surface area contributed by atoms with Gasteiger partial charge in [0.2, 0.25) is 0 Å². The van der Waals surface area contributed by atoms with E-state index in [4.69, 9.17) is 4.98 Å². The molecule has 0 atom stereocenters. The third-order valence-electron chi connectivity index (χ3n) is 3.72. The highest BCUT2D eigenvalue weighted by Crippen LogP contribution is 2.40. The zero-order valence-electron chi connectivity index (χ0n) is 14.5. The van der Waals surface area contributed by atoms with Gasteiger partial charge in [-0.2, -0.15) is 0 Å². The molecule has 2 heterocycles. The van der Waals surface area contributed by atoms with Crippen molar-refractivity contribution >= 4 is 11.3 Å². The van der Waals surface area contributed by atoms with E-state index in [2.05, 4.69) is 30.7 Å². The fourth-order valence-electron chi connectivity index (χ4n) is 2.41. The lowest BCUT2D eigenvalue weighted by molar-refractivity contribution is 0.585. The van der Waals surface area contributed by atoms with Gasteiger partial charge in [-0.05, 0) is 31.5 Å². The van der Waals surface area contributed by atoms with Crippen molar-refractivity contribution in [3.8, 4) is 21.8 Å². The minimum atomic E-state index is -0.227. The molecule has 3 rings (SSSR count). The Bertz CT molecular complexity index is 894. The monoisotopic (exact) mass is 341 g/mol. The first-order valence-electron chi connectivity index (χ1n) is 7.84. The molecule has 0 aliphatic carbocycles. The van der Waals surface area contributed by atoms with E-state index in [1.54, 1.807) is 36.6 Å². The van der Waals surface area contributed by atoms with E-state index < -0.39 is 0 Å². The van der Waals surface area contributed by atoms with Gasteiger partial charge in [-0.25, -0.2) is 19.3 Å². The zero-order valence-corrected chi connectivity index (χ0v) is 15.3. The molecule has 0 unspecified atom stereocenters. The third-order valence-corrected chi connectivity index (χ3v) is 5.23. The van der Waals surface area contributed by atoms with Gasteiger partial charge in [-0.15, -0.1) is 11.3 Å². The molecule has 0 spiro atoms. The summed E-state index contributed by atoms with van der Waals surface area (Å²) in [6, 6.07) is 7.26. The Balaban J connectivity index is 2.28. The molecule has 0 bridgehead atoms. The third kappa shape index (κ3) is 3.08. The highest BCUT2D eigenvalue weighted by atomic mass is 32.1. The fourth-order valence-corrected chi connectivity index (χ4v) is 3.52. The predicted molar refractivity (Wildman–Crippen MR) is 96.7 cm³/mol. The summed E-state index contributed by atoms with van der Waals surface area (Å²) < 4.78 is 14.7. The lowest BCUT2D eigenvalue weighted by Gasteiger charge is -2.13. The van der Waals surface area contributed by atoms with Crippen LogP contribution in [0, 0.1) is 19.7 Å². The quantitative estimate of drug-likeness (QED) is 0.633. The SMILES string of the molecule is Cc1nccc(-c2sc(C(C)(C)C)nc2-c2cccc(C)c2F)n1. The Morgan fingerprint density at radius 2 is 1.79 bits per heavy atom. The second-order valence-corrected chi connectivity index (χ2v) is 7.87. The van der Waals surface area contributed by atoms with Gasteiger partial charge in [0.1, 0.15) is 11.6 Å². The summed E-state index contributed by atoms with van der Waals surface area (Å²) in [5.74, 6) is 0.462. The fraction of sp³-hybridized carbons (Fsp3) is 0.316. The van der Waals surface area contributed by atoms with E-state index >= 15 is 0 Å². The van der Waals surface area contributed by atoms with Gasteiger partial charge in [0.05, 0.1) is 21.3 Å². The van der Waals surface area contributed by atoms with Gasteiger partial charge < -0.3 is 0 Å². The first-order valence-corrected chi connectivity index (χ1v) is 8.66. The number of halogens is 1. The number of hydrogen-bond acceptors (Lipinski definition) is 4. The maximum Gasteiger partial charge on any atom is 0.135 e. The van der Waals surface area contributed by atoms with E-state index in [1.165, 1.54) is 0 Å². The summed E-state index contributed by atoms with van der Waals surface area (Å²) in [7, 11) is 0. The van der Waals surface area contributed by atoms with Crippen molar-refractivity contribution in [2.75, 3.05) is 0 Å². The largest absolute Gasteiger partial charge is 0.242 e.